The molecule has 0 spiro atoms. The molecule has 0 aromatic carbocycles. The maximum atomic E-state index is 4.26. The highest BCUT2D eigenvalue weighted by atomic mass is 79.9. The van der Waals surface area contributed by atoms with E-state index in [2.05, 4.69) is 25.9 Å². The molecule has 2 rings (SSSR count). The Morgan fingerprint density at radius 3 is 2.53 bits per heavy atom. The van der Waals surface area contributed by atoms with Crippen molar-refractivity contribution < 1.29 is 0 Å². The largest absolute Gasteiger partial charge is 0.249 e. The number of nitrogens with zero attached hydrogens (tertiary/aromatic N) is 2. The van der Waals surface area contributed by atoms with E-state index in [0.717, 1.165) is 14.5 Å². The normalized spacial score (nSPS) is 10.2. The molecule has 76 valence electrons. The first-order valence-corrected chi connectivity index (χ1v) is 7.16. The van der Waals surface area contributed by atoms with Crippen LogP contribution in [0.2, 0.25) is 0 Å². The molecule has 0 saturated heterocycles. The second-order valence-electron chi connectivity index (χ2n) is 2.63. The van der Waals surface area contributed by atoms with Gasteiger partial charge in [0.1, 0.15) is 10.1 Å². The lowest BCUT2D eigenvalue weighted by molar-refractivity contribution is 1.12. The molecule has 0 radical (unpaired) electrons. The van der Waals surface area contributed by atoms with Gasteiger partial charge in [-0.15, -0.1) is 0 Å². The minimum absolute atomic E-state index is 0.966. The molecule has 15 heavy (non-hydrogen) atoms. The van der Waals surface area contributed by atoms with E-state index in [9.17, 15) is 0 Å². The molecule has 0 N–H and O–H groups in total. The van der Waals surface area contributed by atoms with Crippen LogP contribution in [-0.2, 0) is 0 Å². The SMILES string of the molecule is Brc1cccnc1SSc1ccccn1. The fraction of sp³-hybridized carbons (Fsp3) is 0. The number of aromatic nitrogens is 2. The van der Waals surface area contributed by atoms with Crippen LogP contribution >= 0.6 is 37.5 Å². The van der Waals surface area contributed by atoms with Gasteiger partial charge in [0.25, 0.3) is 0 Å². The van der Waals surface area contributed by atoms with Crippen LogP contribution in [0.1, 0.15) is 0 Å². The molecule has 0 atom stereocenters. The van der Waals surface area contributed by atoms with Crippen molar-refractivity contribution in [1.82, 2.24) is 9.97 Å². The van der Waals surface area contributed by atoms with Crippen LogP contribution in [0.4, 0.5) is 0 Å². The summed E-state index contributed by atoms with van der Waals surface area (Å²) in [6.07, 6.45) is 3.57. The molecule has 2 aromatic heterocycles. The third-order valence-corrected chi connectivity index (χ3v) is 4.69. The van der Waals surface area contributed by atoms with Crippen molar-refractivity contribution in [3.05, 3.63) is 47.2 Å². The lowest BCUT2D eigenvalue weighted by Gasteiger charge is -2.00. The summed E-state index contributed by atoms with van der Waals surface area (Å²) in [5.74, 6) is 0. The van der Waals surface area contributed by atoms with Gasteiger partial charge in [0.05, 0.1) is 4.47 Å². The molecule has 0 aliphatic rings. The van der Waals surface area contributed by atoms with E-state index in [-0.39, 0.29) is 0 Å². The van der Waals surface area contributed by atoms with Gasteiger partial charge in [0.15, 0.2) is 0 Å². The third kappa shape index (κ3) is 3.22. The topological polar surface area (TPSA) is 25.8 Å². The van der Waals surface area contributed by atoms with Gasteiger partial charge in [-0.05, 0) is 61.8 Å². The van der Waals surface area contributed by atoms with Crippen molar-refractivity contribution >= 4 is 37.5 Å². The first-order valence-electron chi connectivity index (χ1n) is 4.22. The molecule has 2 aromatic rings. The van der Waals surface area contributed by atoms with Gasteiger partial charge >= 0.3 is 0 Å². The summed E-state index contributed by atoms with van der Waals surface area (Å²) < 4.78 is 1.01. The quantitative estimate of drug-likeness (QED) is 0.799. The van der Waals surface area contributed by atoms with Crippen LogP contribution in [0.25, 0.3) is 0 Å². The zero-order valence-electron chi connectivity index (χ0n) is 7.63. The van der Waals surface area contributed by atoms with Gasteiger partial charge in [-0.3, -0.25) is 0 Å². The number of hydrogen-bond acceptors (Lipinski definition) is 4. The Balaban J connectivity index is 2.03. The molecule has 0 aliphatic heterocycles. The third-order valence-electron chi connectivity index (χ3n) is 1.57. The van der Waals surface area contributed by atoms with Crippen LogP contribution in [-0.4, -0.2) is 9.97 Å². The van der Waals surface area contributed by atoms with E-state index in [4.69, 9.17) is 0 Å². The minimum atomic E-state index is 0.966. The first kappa shape index (κ1) is 11.0. The maximum Gasteiger partial charge on any atom is 0.121 e. The van der Waals surface area contributed by atoms with Gasteiger partial charge in [-0.25, -0.2) is 9.97 Å². The van der Waals surface area contributed by atoms with Crippen LogP contribution in [0.5, 0.6) is 0 Å². The van der Waals surface area contributed by atoms with Crippen molar-refractivity contribution in [1.29, 1.82) is 0 Å². The molecule has 0 aliphatic carbocycles. The highest BCUT2D eigenvalue weighted by molar-refractivity contribution is 9.10. The highest BCUT2D eigenvalue weighted by Crippen LogP contribution is 2.38. The van der Waals surface area contributed by atoms with E-state index < -0.39 is 0 Å². The number of rotatable bonds is 3. The molecule has 2 heterocycles. The predicted molar refractivity (Wildman–Crippen MR) is 67.9 cm³/mol. The summed E-state index contributed by atoms with van der Waals surface area (Å²) in [4.78, 5) is 8.48. The zero-order chi connectivity index (χ0) is 10.5. The van der Waals surface area contributed by atoms with E-state index in [1.165, 1.54) is 0 Å². The van der Waals surface area contributed by atoms with Gasteiger partial charge in [0.2, 0.25) is 0 Å². The van der Waals surface area contributed by atoms with Crippen molar-refractivity contribution in [2.24, 2.45) is 0 Å². The Kier molecular flexibility index (Phi) is 4.05. The van der Waals surface area contributed by atoms with Crippen LogP contribution in [0.3, 0.4) is 0 Å². The van der Waals surface area contributed by atoms with Crippen molar-refractivity contribution in [3.63, 3.8) is 0 Å². The fourth-order valence-corrected chi connectivity index (χ4v) is 3.57. The lowest BCUT2D eigenvalue weighted by Crippen LogP contribution is -1.78. The highest BCUT2D eigenvalue weighted by Gasteiger charge is 2.02. The number of pyridine rings is 2. The van der Waals surface area contributed by atoms with Gasteiger partial charge < -0.3 is 0 Å². The molecule has 0 unspecified atom stereocenters. The lowest BCUT2D eigenvalue weighted by atomic mass is 10.5. The van der Waals surface area contributed by atoms with Gasteiger partial charge in [0, 0.05) is 12.4 Å². The molecular weight excluding hydrogens is 292 g/mol. The molecule has 2 nitrogen and oxygen atoms in total. The average Bonchev–Trinajstić information content (AvgIpc) is 2.29. The second kappa shape index (κ2) is 5.53. The van der Waals surface area contributed by atoms with Crippen molar-refractivity contribution in [2.75, 3.05) is 0 Å². The maximum absolute atomic E-state index is 4.26. The average molecular weight is 299 g/mol. The summed E-state index contributed by atoms with van der Waals surface area (Å²) >= 11 is 3.45. The molecular formula is C10H7BrN2S2. The minimum Gasteiger partial charge on any atom is -0.249 e. The Labute approximate surface area is 104 Å². The molecule has 0 bridgehead atoms. The summed E-state index contributed by atoms with van der Waals surface area (Å²) in [5.41, 5.74) is 0. The number of halogens is 1. The van der Waals surface area contributed by atoms with E-state index in [1.807, 2.05) is 30.3 Å². The molecule has 0 amide bonds. The van der Waals surface area contributed by atoms with Gasteiger partial charge in [-0.1, -0.05) is 6.07 Å². The summed E-state index contributed by atoms with van der Waals surface area (Å²) in [6, 6.07) is 9.75. The molecule has 0 saturated carbocycles. The Morgan fingerprint density at radius 2 is 1.80 bits per heavy atom. The smallest absolute Gasteiger partial charge is 0.121 e. The van der Waals surface area contributed by atoms with E-state index >= 15 is 0 Å². The van der Waals surface area contributed by atoms with Crippen LogP contribution < -0.4 is 0 Å². The van der Waals surface area contributed by atoms with Gasteiger partial charge in [-0.2, -0.15) is 0 Å². The monoisotopic (exact) mass is 298 g/mol. The molecule has 5 heteroatoms. The second-order valence-corrected chi connectivity index (χ2v) is 5.62. The fourth-order valence-electron chi connectivity index (χ4n) is 0.911. The molecule has 0 fully saturated rings. The Hall–Kier alpha value is -0.520. The van der Waals surface area contributed by atoms with Crippen LogP contribution in [0.15, 0.2) is 57.3 Å². The number of hydrogen-bond donors (Lipinski definition) is 0. The Morgan fingerprint density at radius 1 is 0.933 bits per heavy atom. The Bertz CT molecular complexity index is 436. The summed E-state index contributed by atoms with van der Waals surface area (Å²) in [5, 5.41) is 1.95. The predicted octanol–water partition coefficient (Wildman–Crippen LogP) is 4.04. The van der Waals surface area contributed by atoms with Crippen molar-refractivity contribution in [2.45, 2.75) is 10.1 Å². The van der Waals surface area contributed by atoms with Crippen LogP contribution in [0, 0.1) is 0 Å². The summed E-state index contributed by atoms with van der Waals surface area (Å²) in [7, 11) is 3.20. The first-order chi connectivity index (χ1) is 7.36. The van der Waals surface area contributed by atoms with Crippen molar-refractivity contribution in [3.8, 4) is 0 Å². The van der Waals surface area contributed by atoms with E-state index in [1.54, 1.807) is 34.0 Å². The van der Waals surface area contributed by atoms with E-state index in [0.29, 0.717) is 0 Å². The standard InChI is InChI=1S/C10H7BrN2S2/c11-8-4-3-7-13-10(8)15-14-9-5-1-2-6-12-9/h1-7H. The zero-order valence-corrected chi connectivity index (χ0v) is 10.8. The summed E-state index contributed by atoms with van der Waals surface area (Å²) in [6.45, 7) is 0.